The molecule has 0 atom stereocenters. The van der Waals surface area contributed by atoms with Crippen LogP contribution < -0.4 is 16.2 Å². The largest absolute Gasteiger partial charge is 0.356 e. The Morgan fingerprint density at radius 1 is 1.15 bits per heavy atom. The molecule has 0 bridgehead atoms. The zero-order valence-corrected chi connectivity index (χ0v) is 15.4. The molecular formula is C19H20N4O2S. The molecule has 1 aromatic heterocycles. The Labute approximate surface area is 156 Å². The molecule has 3 rings (SSSR count). The van der Waals surface area contributed by atoms with Crippen LogP contribution in [0.25, 0.3) is 11.0 Å². The number of benzene rings is 2. The van der Waals surface area contributed by atoms with E-state index in [0.29, 0.717) is 16.4 Å². The van der Waals surface area contributed by atoms with Crippen molar-refractivity contribution in [3.05, 3.63) is 59.3 Å². The Balaban J connectivity index is 1.57. The molecule has 0 saturated carbocycles. The summed E-state index contributed by atoms with van der Waals surface area (Å²) < 4.78 is 5.20. The third-order valence-electron chi connectivity index (χ3n) is 4.07. The second kappa shape index (κ2) is 7.97. The van der Waals surface area contributed by atoms with Crippen molar-refractivity contribution in [3.8, 4) is 0 Å². The molecule has 0 aliphatic heterocycles. The van der Waals surface area contributed by atoms with Gasteiger partial charge in [0.25, 0.3) is 0 Å². The molecule has 3 N–H and O–H groups in total. The standard InChI is InChI=1S/C19H20N4O2S/c1-3-13-8-6-7-12(2)18(13)20-19(26)22-21-17(24)11-15-14-9-4-5-10-16(14)25-23-15/h4-10H,3,11H2,1-2H3,(H,21,24)(H2,20,22,26). The van der Waals surface area contributed by atoms with Crippen molar-refractivity contribution in [3.63, 3.8) is 0 Å². The number of para-hydroxylation sites is 2. The van der Waals surface area contributed by atoms with Gasteiger partial charge in [0, 0.05) is 11.1 Å². The topological polar surface area (TPSA) is 79.2 Å². The van der Waals surface area contributed by atoms with Crippen LogP contribution in [0.5, 0.6) is 0 Å². The van der Waals surface area contributed by atoms with Gasteiger partial charge in [-0.25, -0.2) is 0 Å². The lowest BCUT2D eigenvalue weighted by molar-refractivity contribution is -0.121. The van der Waals surface area contributed by atoms with Crippen molar-refractivity contribution in [2.45, 2.75) is 26.7 Å². The second-order valence-corrected chi connectivity index (χ2v) is 6.30. The van der Waals surface area contributed by atoms with E-state index in [4.69, 9.17) is 16.7 Å². The Kier molecular flexibility index (Phi) is 5.48. The van der Waals surface area contributed by atoms with Crippen LogP contribution in [0.15, 0.2) is 47.0 Å². The fraction of sp³-hybridized carbons (Fsp3) is 0.211. The number of rotatable bonds is 4. The van der Waals surface area contributed by atoms with Gasteiger partial charge < -0.3 is 9.84 Å². The maximum atomic E-state index is 12.2. The molecule has 3 aromatic rings. The highest BCUT2D eigenvalue weighted by Crippen LogP contribution is 2.21. The van der Waals surface area contributed by atoms with Crippen LogP contribution >= 0.6 is 12.2 Å². The van der Waals surface area contributed by atoms with Crippen LogP contribution in [0, 0.1) is 6.92 Å². The van der Waals surface area contributed by atoms with E-state index in [2.05, 4.69) is 28.2 Å². The molecule has 0 radical (unpaired) electrons. The number of aryl methyl sites for hydroxylation is 2. The quantitative estimate of drug-likeness (QED) is 0.485. The third-order valence-corrected chi connectivity index (χ3v) is 4.28. The molecule has 1 amide bonds. The summed E-state index contributed by atoms with van der Waals surface area (Å²) in [6.45, 7) is 4.10. The Morgan fingerprint density at radius 2 is 1.96 bits per heavy atom. The van der Waals surface area contributed by atoms with Gasteiger partial charge in [-0.2, -0.15) is 0 Å². The molecule has 6 nitrogen and oxygen atoms in total. The Morgan fingerprint density at radius 3 is 2.77 bits per heavy atom. The highest BCUT2D eigenvalue weighted by Gasteiger charge is 2.12. The number of thiocarbonyl (C=S) groups is 1. The van der Waals surface area contributed by atoms with E-state index in [0.717, 1.165) is 28.6 Å². The summed E-state index contributed by atoms with van der Waals surface area (Å²) in [7, 11) is 0. The summed E-state index contributed by atoms with van der Waals surface area (Å²) in [6, 6.07) is 13.5. The van der Waals surface area contributed by atoms with Crippen LogP contribution in [-0.2, 0) is 17.6 Å². The van der Waals surface area contributed by atoms with Gasteiger partial charge in [0.1, 0.15) is 5.69 Å². The number of hydrogen-bond donors (Lipinski definition) is 3. The summed E-state index contributed by atoms with van der Waals surface area (Å²) in [4.78, 5) is 12.2. The van der Waals surface area contributed by atoms with Crippen molar-refractivity contribution < 1.29 is 9.32 Å². The van der Waals surface area contributed by atoms with E-state index < -0.39 is 0 Å². The van der Waals surface area contributed by atoms with Gasteiger partial charge in [-0.3, -0.25) is 15.6 Å². The van der Waals surface area contributed by atoms with E-state index in [1.165, 1.54) is 0 Å². The molecule has 26 heavy (non-hydrogen) atoms. The normalized spacial score (nSPS) is 10.5. The van der Waals surface area contributed by atoms with Crippen LogP contribution in [0.2, 0.25) is 0 Å². The molecule has 0 fully saturated rings. The van der Waals surface area contributed by atoms with Crippen LogP contribution in [-0.4, -0.2) is 16.2 Å². The minimum absolute atomic E-state index is 0.0944. The Hall–Kier alpha value is -2.93. The van der Waals surface area contributed by atoms with E-state index >= 15 is 0 Å². The van der Waals surface area contributed by atoms with Gasteiger partial charge in [0.2, 0.25) is 5.91 Å². The number of hydrazine groups is 1. The highest BCUT2D eigenvalue weighted by atomic mass is 32.1. The van der Waals surface area contributed by atoms with Gasteiger partial charge in [-0.15, -0.1) is 0 Å². The average Bonchev–Trinajstić information content (AvgIpc) is 3.05. The van der Waals surface area contributed by atoms with Crippen molar-refractivity contribution in [1.82, 2.24) is 16.0 Å². The van der Waals surface area contributed by atoms with Gasteiger partial charge in [-0.1, -0.05) is 42.4 Å². The number of fused-ring (bicyclic) bond motifs is 1. The van der Waals surface area contributed by atoms with Gasteiger partial charge in [-0.05, 0) is 48.8 Å². The summed E-state index contributed by atoms with van der Waals surface area (Å²) in [5.74, 6) is -0.256. The second-order valence-electron chi connectivity index (χ2n) is 5.89. The SMILES string of the molecule is CCc1cccc(C)c1NC(=S)NNC(=O)Cc1noc2ccccc12. The van der Waals surface area contributed by atoms with Crippen molar-refractivity contribution >= 4 is 39.9 Å². The summed E-state index contributed by atoms with van der Waals surface area (Å²) in [6.07, 6.45) is 0.982. The average molecular weight is 368 g/mol. The van der Waals surface area contributed by atoms with Crippen LogP contribution in [0.1, 0.15) is 23.7 Å². The predicted molar refractivity (Wildman–Crippen MR) is 106 cm³/mol. The number of carbonyl (C=O) groups is 1. The number of nitrogens with zero attached hydrogens (tertiary/aromatic N) is 1. The summed E-state index contributed by atoms with van der Waals surface area (Å²) >= 11 is 5.28. The highest BCUT2D eigenvalue weighted by molar-refractivity contribution is 7.80. The molecule has 134 valence electrons. The number of hydrogen-bond acceptors (Lipinski definition) is 4. The monoisotopic (exact) mass is 368 g/mol. The van der Waals surface area contributed by atoms with Crippen molar-refractivity contribution in [2.24, 2.45) is 0 Å². The number of amides is 1. The smallest absolute Gasteiger partial charge is 0.244 e. The first kappa shape index (κ1) is 17.9. The molecule has 0 spiro atoms. The molecule has 7 heteroatoms. The predicted octanol–water partition coefficient (Wildman–Crippen LogP) is 3.26. The fourth-order valence-corrected chi connectivity index (χ4v) is 2.89. The lowest BCUT2D eigenvalue weighted by Crippen LogP contribution is -2.44. The van der Waals surface area contributed by atoms with Crippen molar-refractivity contribution in [2.75, 3.05) is 5.32 Å². The van der Waals surface area contributed by atoms with E-state index in [-0.39, 0.29) is 12.3 Å². The number of carbonyl (C=O) groups excluding carboxylic acids is 1. The molecule has 0 saturated heterocycles. The summed E-state index contributed by atoms with van der Waals surface area (Å²) in [5.41, 5.74) is 9.78. The number of anilines is 1. The molecule has 0 unspecified atom stereocenters. The molecule has 1 heterocycles. The van der Waals surface area contributed by atoms with Gasteiger partial charge in [0.05, 0.1) is 6.42 Å². The first-order chi connectivity index (χ1) is 12.6. The lowest BCUT2D eigenvalue weighted by atomic mass is 10.1. The minimum Gasteiger partial charge on any atom is -0.356 e. The van der Waals surface area contributed by atoms with E-state index in [1.54, 1.807) is 0 Å². The zero-order chi connectivity index (χ0) is 18.5. The Bertz CT molecular complexity index is 952. The molecule has 0 aliphatic carbocycles. The maximum absolute atomic E-state index is 12.2. The minimum atomic E-state index is -0.256. The first-order valence-electron chi connectivity index (χ1n) is 8.36. The lowest BCUT2D eigenvalue weighted by Gasteiger charge is -2.16. The van der Waals surface area contributed by atoms with E-state index in [9.17, 15) is 4.79 Å². The van der Waals surface area contributed by atoms with Crippen LogP contribution in [0.3, 0.4) is 0 Å². The number of nitrogens with one attached hydrogen (secondary N) is 3. The van der Waals surface area contributed by atoms with Gasteiger partial charge in [0.15, 0.2) is 10.7 Å². The zero-order valence-electron chi connectivity index (χ0n) is 14.6. The van der Waals surface area contributed by atoms with Gasteiger partial charge >= 0.3 is 0 Å². The fourth-order valence-electron chi connectivity index (χ4n) is 2.74. The maximum Gasteiger partial charge on any atom is 0.244 e. The van der Waals surface area contributed by atoms with E-state index in [1.807, 2.05) is 49.4 Å². The first-order valence-corrected chi connectivity index (χ1v) is 8.77. The van der Waals surface area contributed by atoms with Crippen LogP contribution in [0.4, 0.5) is 5.69 Å². The third kappa shape index (κ3) is 4.00. The molecule has 2 aromatic carbocycles. The molecule has 0 aliphatic rings. The number of aromatic nitrogens is 1. The molecular weight excluding hydrogens is 348 g/mol. The van der Waals surface area contributed by atoms with Crippen molar-refractivity contribution in [1.29, 1.82) is 0 Å². The summed E-state index contributed by atoms with van der Waals surface area (Å²) in [5, 5.41) is 8.25.